The average molecular weight is 447 g/mol. The number of halogens is 2. The Morgan fingerprint density at radius 1 is 1.17 bits per heavy atom. The molecular formula is C22H20Cl2N2O2S. The number of hydrogen-bond acceptors (Lipinski definition) is 4. The quantitative estimate of drug-likeness (QED) is 0.463. The topological polar surface area (TPSA) is 44.1 Å². The van der Waals surface area contributed by atoms with Gasteiger partial charge in [-0.2, -0.15) is 9.78 Å². The number of rotatable bonds is 4. The number of hydrogen-bond donors (Lipinski definition) is 0. The molecule has 0 bridgehead atoms. The lowest BCUT2D eigenvalue weighted by molar-refractivity contribution is 0.279. The van der Waals surface area contributed by atoms with E-state index >= 15 is 0 Å². The van der Waals surface area contributed by atoms with E-state index in [1.54, 1.807) is 31.2 Å². The van der Waals surface area contributed by atoms with E-state index in [4.69, 9.17) is 34.4 Å². The summed E-state index contributed by atoms with van der Waals surface area (Å²) in [4.78, 5) is 12.6. The maximum absolute atomic E-state index is 12.8. The zero-order valence-corrected chi connectivity index (χ0v) is 18.8. The molecule has 0 aliphatic rings. The van der Waals surface area contributed by atoms with E-state index in [0.29, 0.717) is 21.5 Å². The molecule has 0 aliphatic heterocycles. The van der Waals surface area contributed by atoms with Crippen molar-refractivity contribution in [2.45, 2.75) is 39.2 Å². The van der Waals surface area contributed by atoms with Crippen molar-refractivity contribution in [3.63, 3.8) is 0 Å². The largest absolute Gasteiger partial charge is 0.478 e. The van der Waals surface area contributed by atoms with Gasteiger partial charge in [0, 0.05) is 32.7 Å². The monoisotopic (exact) mass is 446 g/mol. The maximum atomic E-state index is 12.8. The molecule has 0 amide bonds. The molecule has 0 spiro atoms. The normalized spacial score (nSPS) is 12.4. The lowest BCUT2D eigenvalue weighted by Gasteiger charge is -2.16. The molecule has 1 unspecified atom stereocenters. The summed E-state index contributed by atoms with van der Waals surface area (Å²) < 4.78 is 7.14. The molecule has 0 saturated heterocycles. The van der Waals surface area contributed by atoms with E-state index in [1.165, 1.54) is 4.68 Å². The third-order valence-electron chi connectivity index (χ3n) is 4.16. The van der Waals surface area contributed by atoms with Crippen LogP contribution in [0.5, 0.6) is 5.75 Å². The fraction of sp³-hybridized carbons (Fsp3) is 0.273. The van der Waals surface area contributed by atoms with Gasteiger partial charge in [-0.1, -0.05) is 67.3 Å². The van der Waals surface area contributed by atoms with Crippen LogP contribution in [0.2, 0.25) is 10.0 Å². The second-order valence-corrected chi connectivity index (χ2v) is 9.35. The summed E-state index contributed by atoms with van der Waals surface area (Å²) in [7, 11) is 0. The molecular weight excluding hydrogens is 427 g/mol. The maximum Gasteiger partial charge on any atom is 0.329 e. The summed E-state index contributed by atoms with van der Waals surface area (Å²) in [6, 6.07) is 10.6. The Hall–Kier alpha value is -2.26. The van der Waals surface area contributed by atoms with Crippen molar-refractivity contribution >= 4 is 34.5 Å². The molecule has 4 nitrogen and oxygen atoms in total. The summed E-state index contributed by atoms with van der Waals surface area (Å²) >= 11 is 13.6. The Kier molecular flexibility index (Phi) is 6.09. The van der Waals surface area contributed by atoms with Crippen molar-refractivity contribution in [2.75, 3.05) is 0 Å². The van der Waals surface area contributed by atoms with Crippen LogP contribution in [0.1, 0.15) is 32.7 Å². The highest BCUT2D eigenvalue weighted by Crippen LogP contribution is 2.36. The Bertz CT molecular complexity index is 1150. The minimum absolute atomic E-state index is 0.191. The highest BCUT2D eigenvalue weighted by molar-refractivity contribution is 7.09. The average Bonchev–Trinajstić information content (AvgIpc) is 3.04. The molecule has 0 saturated carbocycles. The molecule has 0 N–H and O–H groups in total. The highest BCUT2D eigenvalue weighted by atomic mass is 35.5. The Labute approximate surface area is 184 Å². The van der Waals surface area contributed by atoms with Crippen LogP contribution in [0.25, 0.3) is 16.8 Å². The molecule has 0 aliphatic carbocycles. The first-order chi connectivity index (χ1) is 13.6. The van der Waals surface area contributed by atoms with E-state index in [0.717, 1.165) is 27.5 Å². The minimum Gasteiger partial charge on any atom is -0.478 e. The van der Waals surface area contributed by atoms with Gasteiger partial charge in [0.05, 0.1) is 5.69 Å². The van der Waals surface area contributed by atoms with Crippen LogP contribution in [-0.2, 0) is 5.41 Å². The van der Waals surface area contributed by atoms with Gasteiger partial charge in [-0.05, 0) is 31.2 Å². The summed E-state index contributed by atoms with van der Waals surface area (Å²) in [5.74, 6) is 3.07. The van der Waals surface area contributed by atoms with Crippen LogP contribution in [0.4, 0.5) is 0 Å². The van der Waals surface area contributed by atoms with Gasteiger partial charge in [-0.3, -0.25) is 4.79 Å². The van der Waals surface area contributed by atoms with Crippen LogP contribution in [-0.4, -0.2) is 15.9 Å². The lowest BCUT2D eigenvalue weighted by Crippen LogP contribution is -2.16. The summed E-state index contributed by atoms with van der Waals surface area (Å²) in [6.07, 6.45) is 5.02. The minimum atomic E-state index is -0.412. The standard InChI is InChI=1S/C22H20Cl2N2O2S/c1-6-13(2)28-15-8-10-17(16-9-7-14(23)11-18(16)24)19(12-15)26-21(27)29-20(25-26)22(3,4)5/h1,7-13H,2-5H3. The Balaban J connectivity index is 2.24. The molecule has 29 heavy (non-hydrogen) atoms. The Morgan fingerprint density at radius 3 is 2.45 bits per heavy atom. The van der Waals surface area contributed by atoms with E-state index in [2.05, 4.69) is 11.0 Å². The fourth-order valence-corrected chi connectivity index (χ4v) is 4.00. The summed E-state index contributed by atoms with van der Waals surface area (Å²) in [5.41, 5.74) is 1.78. The molecule has 1 heterocycles. The van der Waals surface area contributed by atoms with Crippen molar-refractivity contribution < 1.29 is 4.74 Å². The van der Waals surface area contributed by atoms with Gasteiger partial charge in [0.1, 0.15) is 10.8 Å². The smallest absolute Gasteiger partial charge is 0.329 e. The van der Waals surface area contributed by atoms with Gasteiger partial charge >= 0.3 is 4.87 Å². The van der Waals surface area contributed by atoms with Crippen LogP contribution >= 0.6 is 34.5 Å². The van der Waals surface area contributed by atoms with Crippen molar-refractivity contribution in [1.82, 2.24) is 9.78 Å². The predicted octanol–water partition coefficient (Wildman–Crippen LogP) is 5.97. The molecule has 1 atom stereocenters. The van der Waals surface area contributed by atoms with Crippen LogP contribution < -0.4 is 9.61 Å². The highest BCUT2D eigenvalue weighted by Gasteiger charge is 2.23. The number of terminal acetylenes is 1. The van der Waals surface area contributed by atoms with Gasteiger partial charge in [-0.25, -0.2) is 0 Å². The molecule has 1 aromatic heterocycles. The first-order valence-electron chi connectivity index (χ1n) is 8.93. The first-order valence-corrected chi connectivity index (χ1v) is 10.5. The van der Waals surface area contributed by atoms with Crippen molar-refractivity contribution in [1.29, 1.82) is 0 Å². The molecule has 2 aromatic carbocycles. The van der Waals surface area contributed by atoms with Gasteiger partial charge in [-0.15, -0.1) is 6.42 Å². The second-order valence-electron chi connectivity index (χ2n) is 7.56. The van der Waals surface area contributed by atoms with Crippen molar-refractivity contribution in [3.8, 4) is 34.9 Å². The van der Waals surface area contributed by atoms with Gasteiger partial charge in [0.2, 0.25) is 0 Å². The second kappa shape index (κ2) is 8.23. The molecule has 3 aromatic rings. The lowest BCUT2D eigenvalue weighted by atomic mass is 9.98. The molecule has 0 fully saturated rings. The predicted molar refractivity (Wildman–Crippen MR) is 121 cm³/mol. The van der Waals surface area contributed by atoms with E-state index < -0.39 is 6.10 Å². The van der Waals surface area contributed by atoms with Crippen LogP contribution in [0.3, 0.4) is 0 Å². The van der Waals surface area contributed by atoms with E-state index in [9.17, 15) is 4.79 Å². The van der Waals surface area contributed by atoms with E-state index in [-0.39, 0.29) is 10.3 Å². The number of ether oxygens (including phenoxy) is 1. The van der Waals surface area contributed by atoms with Gasteiger partial charge in [0.25, 0.3) is 0 Å². The molecule has 7 heteroatoms. The van der Waals surface area contributed by atoms with Crippen molar-refractivity contribution in [2.24, 2.45) is 0 Å². The summed E-state index contributed by atoms with van der Waals surface area (Å²) in [6.45, 7) is 7.82. The van der Waals surface area contributed by atoms with Crippen molar-refractivity contribution in [3.05, 3.63) is 61.1 Å². The van der Waals surface area contributed by atoms with Crippen LogP contribution in [0, 0.1) is 12.3 Å². The van der Waals surface area contributed by atoms with E-state index in [1.807, 2.05) is 32.9 Å². The zero-order valence-electron chi connectivity index (χ0n) is 16.5. The SMILES string of the molecule is C#CC(C)Oc1ccc(-c2ccc(Cl)cc2Cl)c(-n2nc(C(C)(C)C)sc2=O)c1. The molecule has 3 rings (SSSR count). The summed E-state index contributed by atoms with van der Waals surface area (Å²) in [5, 5.41) is 6.33. The third-order valence-corrected chi connectivity index (χ3v) is 5.94. The third kappa shape index (κ3) is 4.67. The number of aromatic nitrogens is 2. The molecule has 150 valence electrons. The fourth-order valence-electron chi connectivity index (χ4n) is 2.67. The van der Waals surface area contributed by atoms with Gasteiger partial charge < -0.3 is 4.74 Å². The molecule has 0 radical (unpaired) electrons. The van der Waals surface area contributed by atoms with Gasteiger partial charge in [0.15, 0.2) is 6.10 Å². The number of benzene rings is 2. The zero-order chi connectivity index (χ0) is 21.3. The first kappa shape index (κ1) is 21.4. The Morgan fingerprint density at radius 2 is 1.86 bits per heavy atom. The van der Waals surface area contributed by atoms with Crippen LogP contribution in [0.15, 0.2) is 41.2 Å². The number of nitrogens with zero attached hydrogens (tertiary/aromatic N) is 2.